The molecule has 0 spiro atoms. The van der Waals surface area contributed by atoms with Crippen molar-refractivity contribution in [3.8, 4) is 11.5 Å². The molecule has 1 fully saturated rings. The lowest BCUT2D eigenvalue weighted by Crippen LogP contribution is -2.46. The van der Waals surface area contributed by atoms with E-state index in [1.54, 1.807) is 0 Å². The fourth-order valence-corrected chi connectivity index (χ4v) is 5.06. The maximum Gasteiger partial charge on any atom is 0.237 e. The molecule has 2 atom stereocenters. The van der Waals surface area contributed by atoms with Crippen molar-refractivity contribution in [2.45, 2.75) is 65.2 Å². The van der Waals surface area contributed by atoms with Crippen molar-refractivity contribution >= 4 is 11.6 Å². The van der Waals surface area contributed by atoms with Crippen LogP contribution in [0.4, 0.5) is 5.69 Å². The van der Waals surface area contributed by atoms with E-state index in [9.17, 15) is 4.79 Å². The van der Waals surface area contributed by atoms with Crippen molar-refractivity contribution in [3.05, 3.63) is 53.6 Å². The van der Waals surface area contributed by atoms with Gasteiger partial charge in [0.1, 0.15) is 0 Å². The number of carbonyl (C=O) groups is 1. The summed E-state index contributed by atoms with van der Waals surface area (Å²) in [5, 5.41) is 6.85. The van der Waals surface area contributed by atoms with Gasteiger partial charge in [0.2, 0.25) is 12.7 Å². The summed E-state index contributed by atoms with van der Waals surface area (Å²) in [5.41, 5.74) is 3.67. The minimum Gasteiger partial charge on any atom is -0.454 e. The van der Waals surface area contributed by atoms with Crippen molar-refractivity contribution in [2.75, 3.05) is 37.9 Å². The normalized spacial score (nSPS) is 19.3. The smallest absolute Gasteiger partial charge is 0.237 e. The van der Waals surface area contributed by atoms with Gasteiger partial charge in [-0.25, -0.2) is 0 Å². The second-order valence-corrected chi connectivity index (χ2v) is 9.69. The number of likely N-dealkylation sites (tertiary alicyclic amines) is 1. The monoisotopic (exact) mass is 480 g/mol. The molecule has 7 heteroatoms. The number of hydrogen-bond donors (Lipinski definition) is 2. The van der Waals surface area contributed by atoms with Gasteiger partial charge in [-0.3, -0.25) is 9.69 Å². The molecule has 0 bridgehead atoms. The molecule has 0 unspecified atom stereocenters. The zero-order valence-corrected chi connectivity index (χ0v) is 21.5. The number of rotatable bonds is 11. The predicted molar refractivity (Wildman–Crippen MR) is 140 cm³/mol. The average molecular weight is 481 g/mol. The average Bonchev–Trinajstić information content (AvgIpc) is 3.51. The largest absolute Gasteiger partial charge is 0.454 e. The fourth-order valence-electron chi connectivity index (χ4n) is 5.06. The third kappa shape index (κ3) is 6.27. The van der Waals surface area contributed by atoms with Gasteiger partial charge >= 0.3 is 0 Å². The van der Waals surface area contributed by atoms with E-state index in [2.05, 4.69) is 72.4 Å². The van der Waals surface area contributed by atoms with Crippen LogP contribution in [0.15, 0.2) is 42.5 Å². The minimum atomic E-state index is -0.103. The van der Waals surface area contributed by atoms with E-state index in [0.29, 0.717) is 18.6 Å². The molecule has 4 rings (SSSR count). The van der Waals surface area contributed by atoms with Crippen LogP contribution in [0.25, 0.3) is 0 Å². The van der Waals surface area contributed by atoms with Crippen LogP contribution < -0.4 is 25.0 Å². The Morgan fingerprint density at radius 3 is 2.49 bits per heavy atom. The summed E-state index contributed by atoms with van der Waals surface area (Å²) in [6, 6.07) is 15.3. The number of fused-ring (bicyclic) bond motifs is 1. The number of ether oxygens (including phenoxy) is 2. The van der Waals surface area contributed by atoms with Gasteiger partial charge in [0.05, 0.1) is 6.04 Å². The minimum absolute atomic E-state index is 0.103. The van der Waals surface area contributed by atoms with Gasteiger partial charge in [-0.1, -0.05) is 18.2 Å². The van der Waals surface area contributed by atoms with Crippen molar-refractivity contribution < 1.29 is 14.3 Å². The molecule has 35 heavy (non-hydrogen) atoms. The van der Waals surface area contributed by atoms with E-state index in [4.69, 9.17) is 9.47 Å². The highest BCUT2D eigenvalue weighted by Gasteiger charge is 2.37. The number of benzene rings is 2. The maximum atomic E-state index is 13.1. The molecular formula is C28H40N4O3. The van der Waals surface area contributed by atoms with Crippen molar-refractivity contribution in [3.63, 3.8) is 0 Å². The molecule has 0 saturated carbocycles. The lowest BCUT2D eigenvalue weighted by Gasteiger charge is -2.27. The Hall–Kier alpha value is -2.77. The summed E-state index contributed by atoms with van der Waals surface area (Å²) < 4.78 is 10.8. The topological polar surface area (TPSA) is 66.1 Å². The maximum absolute atomic E-state index is 13.1. The number of amides is 1. The van der Waals surface area contributed by atoms with E-state index >= 15 is 0 Å². The SMILES string of the molecule is CCN(CC)c1ccc(CN[C@H]2C[C@@H](C(=O)NCCc3ccc4c(c3)OCO4)N(C(C)C)C2)cc1. The number of nitrogens with one attached hydrogen (secondary N) is 2. The van der Waals surface area contributed by atoms with Gasteiger partial charge < -0.3 is 25.0 Å². The first-order chi connectivity index (χ1) is 17.0. The van der Waals surface area contributed by atoms with E-state index < -0.39 is 0 Å². The van der Waals surface area contributed by atoms with Crippen molar-refractivity contribution in [1.82, 2.24) is 15.5 Å². The standard InChI is InChI=1S/C28H40N4O3/c1-5-31(6-2)24-10-7-22(8-11-24)17-30-23-16-25(32(18-23)20(3)4)28(33)29-14-13-21-9-12-26-27(15-21)35-19-34-26/h7-12,15,20,23,25,30H,5-6,13-14,16-19H2,1-4H3,(H,29,33)/t23-,25-/m0/s1. The Morgan fingerprint density at radius 2 is 1.77 bits per heavy atom. The molecule has 2 aromatic rings. The number of anilines is 1. The molecule has 1 saturated heterocycles. The zero-order chi connectivity index (χ0) is 24.8. The van der Waals surface area contributed by atoms with E-state index in [1.165, 1.54) is 11.3 Å². The molecule has 2 aliphatic rings. The van der Waals surface area contributed by atoms with Crippen LogP contribution in [0, 0.1) is 0 Å². The van der Waals surface area contributed by atoms with Gasteiger partial charge in [-0.15, -0.1) is 0 Å². The second kappa shape index (κ2) is 11.8. The lowest BCUT2D eigenvalue weighted by molar-refractivity contribution is -0.126. The van der Waals surface area contributed by atoms with Crippen LogP contribution in [0.5, 0.6) is 11.5 Å². The molecule has 0 aromatic heterocycles. The first-order valence-corrected chi connectivity index (χ1v) is 13.0. The summed E-state index contributed by atoms with van der Waals surface area (Å²) in [5.74, 6) is 1.69. The van der Waals surface area contributed by atoms with Gasteiger partial charge in [0.15, 0.2) is 11.5 Å². The van der Waals surface area contributed by atoms with E-state index in [1.807, 2.05) is 18.2 Å². The molecule has 0 radical (unpaired) electrons. The Morgan fingerprint density at radius 1 is 1.06 bits per heavy atom. The highest BCUT2D eigenvalue weighted by Crippen LogP contribution is 2.32. The molecule has 7 nitrogen and oxygen atoms in total. The predicted octanol–water partition coefficient (Wildman–Crippen LogP) is 3.56. The first kappa shape index (κ1) is 25.3. The quantitative estimate of drug-likeness (QED) is 0.513. The molecule has 2 aromatic carbocycles. The van der Waals surface area contributed by atoms with Gasteiger partial charge in [-0.2, -0.15) is 0 Å². The lowest BCUT2D eigenvalue weighted by atomic mass is 10.1. The number of nitrogens with zero attached hydrogens (tertiary/aromatic N) is 2. The van der Waals surface area contributed by atoms with Crippen LogP contribution in [0.2, 0.25) is 0 Å². The van der Waals surface area contributed by atoms with E-state index in [-0.39, 0.29) is 18.7 Å². The summed E-state index contributed by atoms with van der Waals surface area (Å²) in [6.07, 6.45) is 1.59. The third-order valence-electron chi connectivity index (χ3n) is 7.11. The number of hydrogen-bond acceptors (Lipinski definition) is 6. The Labute approximate surface area is 209 Å². The molecule has 2 N–H and O–H groups in total. The van der Waals surface area contributed by atoms with Crippen LogP contribution >= 0.6 is 0 Å². The molecule has 2 aliphatic heterocycles. The van der Waals surface area contributed by atoms with Crippen molar-refractivity contribution in [2.24, 2.45) is 0 Å². The number of carbonyl (C=O) groups excluding carboxylic acids is 1. The van der Waals surface area contributed by atoms with Gasteiger partial charge in [0, 0.05) is 50.5 Å². The third-order valence-corrected chi connectivity index (χ3v) is 7.11. The molecule has 1 amide bonds. The summed E-state index contributed by atoms with van der Waals surface area (Å²) in [6.45, 7) is 13.3. The molecule has 190 valence electrons. The van der Waals surface area contributed by atoms with Gasteiger partial charge in [0.25, 0.3) is 0 Å². The first-order valence-electron chi connectivity index (χ1n) is 13.0. The molecular weight excluding hydrogens is 440 g/mol. The van der Waals surface area contributed by atoms with Crippen LogP contribution in [0.3, 0.4) is 0 Å². The summed E-state index contributed by atoms with van der Waals surface area (Å²) >= 11 is 0. The van der Waals surface area contributed by atoms with Crippen LogP contribution in [0.1, 0.15) is 45.2 Å². The highest BCUT2D eigenvalue weighted by molar-refractivity contribution is 5.82. The van der Waals surface area contributed by atoms with Crippen molar-refractivity contribution in [1.29, 1.82) is 0 Å². The summed E-state index contributed by atoms with van der Waals surface area (Å²) in [7, 11) is 0. The summed E-state index contributed by atoms with van der Waals surface area (Å²) in [4.78, 5) is 17.8. The second-order valence-electron chi connectivity index (χ2n) is 9.69. The van der Waals surface area contributed by atoms with Gasteiger partial charge in [-0.05, 0) is 75.9 Å². The van der Waals surface area contributed by atoms with Crippen LogP contribution in [-0.2, 0) is 17.8 Å². The highest BCUT2D eigenvalue weighted by atomic mass is 16.7. The Balaban J connectivity index is 1.26. The Bertz CT molecular complexity index is 975. The molecule has 0 aliphatic carbocycles. The zero-order valence-electron chi connectivity index (χ0n) is 21.5. The fraction of sp³-hybridized carbons (Fsp3) is 0.536. The van der Waals surface area contributed by atoms with E-state index in [0.717, 1.165) is 56.1 Å². The van der Waals surface area contributed by atoms with Crippen LogP contribution in [-0.4, -0.2) is 61.9 Å². The molecule has 2 heterocycles. The Kier molecular flexibility index (Phi) is 8.52.